The molecule has 0 amide bonds. The summed E-state index contributed by atoms with van der Waals surface area (Å²) in [6.45, 7) is 0. The Morgan fingerprint density at radius 1 is 1.20 bits per heavy atom. The van der Waals surface area contributed by atoms with Crippen LogP contribution < -0.4 is 5.32 Å². The average Bonchev–Trinajstić information content (AvgIpc) is 2.50. The molecule has 3 heteroatoms. The van der Waals surface area contributed by atoms with Crippen LogP contribution in [0.1, 0.15) is 37.7 Å². The van der Waals surface area contributed by atoms with E-state index < -0.39 is 0 Å². The Morgan fingerprint density at radius 2 is 1.85 bits per heavy atom. The molecule has 0 aliphatic heterocycles. The first kappa shape index (κ1) is 15.5. The minimum atomic E-state index is -0.176. The van der Waals surface area contributed by atoms with Gasteiger partial charge in [0.2, 0.25) is 0 Å². The first-order chi connectivity index (χ1) is 9.74. The molecule has 1 aromatic carbocycles. The summed E-state index contributed by atoms with van der Waals surface area (Å²) in [6, 6.07) is 7.09. The minimum Gasteiger partial charge on any atom is -0.380 e. The monoisotopic (exact) mass is 279 g/mol. The number of hydrogen-bond donors (Lipinski definition) is 1. The molecule has 0 aromatic heterocycles. The number of ether oxygens (including phenoxy) is 1. The predicted molar refractivity (Wildman–Crippen MR) is 80.3 cm³/mol. The zero-order chi connectivity index (χ0) is 14.4. The van der Waals surface area contributed by atoms with Crippen molar-refractivity contribution in [3.05, 3.63) is 35.6 Å². The van der Waals surface area contributed by atoms with Gasteiger partial charge in [-0.25, -0.2) is 4.39 Å². The van der Waals surface area contributed by atoms with Crippen LogP contribution in [0.2, 0.25) is 0 Å². The fourth-order valence-corrected chi connectivity index (χ4v) is 3.40. The molecule has 20 heavy (non-hydrogen) atoms. The Hall–Kier alpha value is -0.930. The van der Waals surface area contributed by atoms with Crippen molar-refractivity contribution in [3.8, 4) is 0 Å². The molecule has 0 spiro atoms. The van der Waals surface area contributed by atoms with Gasteiger partial charge in [0.05, 0.1) is 6.10 Å². The van der Waals surface area contributed by atoms with Gasteiger partial charge in [-0.05, 0) is 49.9 Å². The summed E-state index contributed by atoms with van der Waals surface area (Å²) in [5, 5.41) is 3.39. The molecule has 0 heterocycles. The van der Waals surface area contributed by atoms with E-state index in [9.17, 15) is 4.39 Å². The summed E-state index contributed by atoms with van der Waals surface area (Å²) < 4.78 is 18.8. The molecule has 0 saturated heterocycles. The Kier molecular flexibility index (Phi) is 5.99. The zero-order valence-corrected chi connectivity index (χ0v) is 12.6. The van der Waals surface area contributed by atoms with Gasteiger partial charge in [0, 0.05) is 13.2 Å². The molecule has 2 unspecified atom stereocenters. The number of nitrogens with one attached hydrogen (secondary N) is 1. The number of benzene rings is 1. The Bertz CT molecular complexity index is 386. The minimum absolute atomic E-state index is 0.176. The lowest BCUT2D eigenvalue weighted by molar-refractivity contribution is 0.0101. The van der Waals surface area contributed by atoms with Gasteiger partial charge < -0.3 is 10.1 Å². The summed E-state index contributed by atoms with van der Waals surface area (Å²) in [7, 11) is 3.80. The first-order valence-corrected chi connectivity index (χ1v) is 7.69. The molecule has 2 atom stereocenters. The van der Waals surface area contributed by atoms with Crippen LogP contribution in [0.15, 0.2) is 24.3 Å². The first-order valence-electron chi connectivity index (χ1n) is 7.69. The van der Waals surface area contributed by atoms with Crippen molar-refractivity contribution < 1.29 is 9.13 Å². The lowest BCUT2D eigenvalue weighted by Gasteiger charge is -2.35. The van der Waals surface area contributed by atoms with Crippen molar-refractivity contribution in [2.45, 2.75) is 50.7 Å². The number of methoxy groups -OCH3 is 1. The molecule has 1 saturated carbocycles. The number of halogens is 1. The molecule has 1 aromatic rings. The van der Waals surface area contributed by atoms with Gasteiger partial charge in [0.15, 0.2) is 0 Å². The van der Waals surface area contributed by atoms with Gasteiger partial charge in [0.25, 0.3) is 0 Å². The normalized spacial score (nSPS) is 19.8. The van der Waals surface area contributed by atoms with Gasteiger partial charge in [0.1, 0.15) is 5.82 Å². The zero-order valence-electron chi connectivity index (χ0n) is 12.6. The maximum absolute atomic E-state index is 13.0. The van der Waals surface area contributed by atoms with Crippen molar-refractivity contribution in [2.75, 3.05) is 14.2 Å². The smallest absolute Gasteiger partial charge is 0.123 e. The fraction of sp³-hybridized carbons (Fsp3) is 0.647. The van der Waals surface area contributed by atoms with E-state index in [1.54, 1.807) is 0 Å². The number of hydrogen-bond acceptors (Lipinski definition) is 2. The van der Waals surface area contributed by atoms with Gasteiger partial charge >= 0.3 is 0 Å². The molecule has 0 radical (unpaired) electrons. The molecular formula is C17H26FNO. The lowest BCUT2D eigenvalue weighted by atomic mass is 9.81. The third-order valence-electron chi connectivity index (χ3n) is 4.52. The van der Waals surface area contributed by atoms with Crippen LogP contribution in [0.4, 0.5) is 4.39 Å². The van der Waals surface area contributed by atoms with E-state index in [1.165, 1.54) is 44.2 Å². The Labute approximate surface area is 121 Å². The second-order valence-corrected chi connectivity index (χ2v) is 5.82. The maximum atomic E-state index is 13.0. The molecule has 1 aliphatic carbocycles. The maximum Gasteiger partial charge on any atom is 0.123 e. The summed E-state index contributed by atoms with van der Waals surface area (Å²) in [5.41, 5.74) is 1.16. The molecule has 2 nitrogen and oxygen atoms in total. The van der Waals surface area contributed by atoms with E-state index >= 15 is 0 Å². The largest absolute Gasteiger partial charge is 0.380 e. The average molecular weight is 279 g/mol. The summed E-state index contributed by atoms with van der Waals surface area (Å²) in [5.74, 6) is 0.469. The molecule has 0 bridgehead atoms. The quantitative estimate of drug-likeness (QED) is 0.860. The highest BCUT2D eigenvalue weighted by Gasteiger charge is 2.29. The molecule has 1 fully saturated rings. The number of likely N-dealkylation sites (N-methyl/N-ethyl adjacent to an activating group) is 1. The topological polar surface area (TPSA) is 21.3 Å². The van der Waals surface area contributed by atoms with Crippen LogP contribution in [0.25, 0.3) is 0 Å². The standard InChI is InChI=1S/C17H26FNO/c1-19-16(12-13-8-10-15(18)11-9-13)17(20-2)14-6-4-3-5-7-14/h8-11,14,16-17,19H,3-7,12H2,1-2H3. The predicted octanol–water partition coefficient (Wildman–Crippen LogP) is 3.55. The van der Waals surface area contributed by atoms with Crippen molar-refractivity contribution >= 4 is 0 Å². The highest BCUT2D eigenvalue weighted by Crippen LogP contribution is 2.30. The highest BCUT2D eigenvalue weighted by atomic mass is 19.1. The van der Waals surface area contributed by atoms with Gasteiger partial charge in [-0.3, -0.25) is 0 Å². The Balaban J connectivity index is 2.02. The van der Waals surface area contributed by atoms with Crippen LogP contribution in [0.5, 0.6) is 0 Å². The number of rotatable bonds is 6. The SMILES string of the molecule is CNC(Cc1ccc(F)cc1)C(OC)C1CCCCC1. The van der Waals surface area contributed by atoms with Crippen LogP contribution in [0.3, 0.4) is 0 Å². The second kappa shape index (κ2) is 7.75. The summed E-state index contributed by atoms with van der Waals surface area (Å²) >= 11 is 0. The Morgan fingerprint density at radius 3 is 2.40 bits per heavy atom. The van der Waals surface area contributed by atoms with Gasteiger partial charge in [-0.2, -0.15) is 0 Å². The van der Waals surface area contributed by atoms with E-state index in [0.717, 1.165) is 12.0 Å². The van der Waals surface area contributed by atoms with Crippen molar-refractivity contribution in [1.82, 2.24) is 5.32 Å². The third-order valence-corrected chi connectivity index (χ3v) is 4.52. The van der Waals surface area contributed by atoms with Crippen LogP contribution in [0, 0.1) is 11.7 Å². The van der Waals surface area contributed by atoms with E-state index in [4.69, 9.17) is 4.74 Å². The van der Waals surface area contributed by atoms with Crippen LogP contribution >= 0.6 is 0 Å². The second-order valence-electron chi connectivity index (χ2n) is 5.82. The molecule has 1 aliphatic rings. The molecule has 1 N–H and O–H groups in total. The lowest BCUT2D eigenvalue weighted by Crippen LogP contribution is -2.45. The van der Waals surface area contributed by atoms with E-state index in [-0.39, 0.29) is 18.0 Å². The third kappa shape index (κ3) is 4.03. The van der Waals surface area contributed by atoms with Gasteiger partial charge in [-0.15, -0.1) is 0 Å². The highest BCUT2D eigenvalue weighted by molar-refractivity contribution is 5.17. The van der Waals surface area contributed by atoms with E-state index in [0.29, 0.717) is 5.92 Å². The van der Waals surface area contributed by atoms with Crippen LogP contribution in [-0.2, 0) is 11.2 Å². The molecule has 2 rings (SSSR count). The molecular weight excluding hydrogens is 253 g/mol. The fourth-order valence-electron chi connectivity index (χ4n) is 3.40. The summed E-state index contributed by atoms with van der Waals surface area (Å²) in [4.78, 5) is 0. The van der Waals surface area contributed by atoms with Crippen molar-refractivity contribution in [3.63, 3.8) is 0 Å². The van der Waals surface area contributed by atoms with Crippen molar-refractivity contribution in [2.24, 2.45) is 5.92 Å². The van der Waals surface area contributed by atoms with E-state index in [2.05, 4.69) is 5.32 Å². The van der Waals surface area contributed by atoms with Gasteiger partial charge in [-0.1, -0.05) is 31.4 Å². The summed E-state index contributed by atoms with van der Waals surface area (Å²) in [6.07, 6.45) is 7.64. The molecule has 112 valence electrons. The van der Waals surface area contributed by atoms with Crippen molar-refractivity contribution in [1.29, 1.82) is 0 Å². The van der Waals surface area contributed by atoms with Crippen LogP contribution in [-0.4, -0.2) is 26.3 Å². The van der Waals surface area contributed by atoms with E-state index in [1.807, 2.05) is 26.3 Å².